The van der Waals surface area contributed by atoms with Crippen molar-refractivity contribution in [3.05, 3.63) is 72.6 Å². The first-order chi connectivity index (χ1) is 12.7. The highest BCUT2D eigenvalue weighted by molar-refractivity contribution is 5.38. The lowest BCUT2D eigenvalue weighted by molar-refractivity contribution is 0.219. The summed E-state index contributed by atoms with van der Waals surface area (Å²) < 4.78 is 7.38. The van der Waals surface area contributed by atoms with Crippen LogP contribution in [0.15, 0.2) is 61.1 Å². The average Bonchev–Trinajstić information content (AvgIpc) is 3.10. The summed E-state index contributed by atoms with van der Waals surface area (Å²) in [7, 11) is 1.68. The third-order valence-corrected chi connectivity index (χ3v) is 4.17. The summed E-state index contributed by atoms with van der Waals surface area (Å²) in [5.74, 6) is 2.45. The van der Waals surface area contributed by atoms with Crippen molar-refractivity contribution in [2.75, 3.05) is 13.7 Å². The summed E-state index contributed by atoms with van der Waals surface area (Å²) in [6.07, 6.45) is 5.71. The molecule has 5 nitrogen and oxygen atoms in total. The molecule has 0 saturated heterocycles. The number of hydrogen-bond donors (Lipinski definition) is 0. The summed E-state index contributed by atoms with van der Waals surface area (Å²) in [5.41, 5.74) is 2.16. The zero-order chi connectivity index (χ0) is 18.4. The van der Waals surface area contributed by atoms with E-state index in [9.17, 15) is 0 Å². The van der Waals surface area contributed by atoms with E-state index in [1.165, 1.54) is 0 Å². The maximum absolute atomic E-state index is 5.25. The van der Waals surface area contributed by atoms with Crippen molar-refractivity contribution in [1.82, 2.24) is 19.4 Å². The Morgan fingerprint density at radius 1 is 1.00 bits per heavy atom. The zero-order valence-corrected chi connectivity index (χ0v) is 15.7. The summed E-state index contributed by atoms with van der Waals surface area (Å²) in [6.45, 7) is 7.05. The fraction of sp³-hybridized carbons (Fsp3) is 0.333. The van der Waals surface area contributed by atoms with Gasteiger partial charge < -0.3 is 9.30 Å². The molecule has 0 fully saturated rings. The topological polar surface area (TPSA) is 43.2 Å². The van der Waals surface area contributed by atoms with Crippen molar-refractivity contribution in [3.63, 3.8) is 0 Å². The molecule has 3 rings (SSSR count). The number of benzene rings is 1. The minimum absolute atomic E-state index is 0.572. The minimum atomic E-state index is 0.572. The molecule has 2 heterocycles. The van der Waals surface area contributed by atoms with E-state index in [0.717, 1.165) is 42.6 Å². The second-order valence-electron chi connectivity index (χ2n) is 6.80. The van der Waals surface area contributed by atoms with Gasteiger partial charge in [0.05, 0.1) is 19.3 Å². The first-order valence-corrected chi connectivity index (χ1v) is 8.94. The highest BCUT2D eigenvalue weighted by atomic mass is 16.5. The molecule has 0 aliphatic rings. The standard InChI is InChI=1S/C21H26N4O/c1-17(2)14-24(15-18-6-4-5-11-22-18)16-21-23-12-13-25(21)19-7-9-20(26-3)10-8-19/h4-13,17H,14-16H2,1-3H3. The molecule has 5 heteroatoms. The monoisotopic (exact) mass is 350 g/mol. The van der Waals surface area contributed by atoms with E-state index in [1.54, 1.807) is 7.11 Å². The Hall–Kier alpha value is -2.66. The quantitative estimate of drug-likeness (QED) is 0.617. The SMILES string of the molecule is COc1ccc(-n2ccnc2CN(Cc2ccccn2)CC(C)C)cc1. The van der Waals surface area contributed by atoms with Crippen LogP contribution >= 0.6 is 0 Å². The minimum Gasteiger partial charge on any atom is -0.497 e. The van der Waals surface area contributed by atoms with Crippen LogP contribution in [0.2, 0.25) is 0 Å². The third-order valence-electron chi connectivity index (χ3n) is 4.17. The van der Waals surface area contributed by atoms with Gasteiger partial charge in [0, 0.05) is 37.4 Å². The lowest BCUT2D eigenvalue weighted by Crippen LogP contribution is -2.28. The molecule has 3 aromatic rings. The second-order valence-corrected chi connectivity index (χ2v) is 6.80. The van der Waals surface area contributed by atoms with Crippen molar-refractivity contribution >= 4 is 0 Å². The van der Waals surface area contributed by atoms with Crippen LogP contribution in [0.5, 0.6) is 5.75 Å². The molecule has 2 aromatic heterocycles. The molecule has 136 valence electrons. The molecule has 0 N–H and O–H groups in total. The van der Waals surface area contributed by atoms with E-state index in [2.05, 4.69) is 51.5 Å². The molecule has 1 aromatic carbocycles. The fourth-order valence-corrected chi connectivity index (χ4v) is 3.05. The van der Waals surface area contributed by atoms with Crippen molar-refractivity contribution in [1.29, 1.82) is 0 Å². The summed E-state index contributed by atoms with van der Waals surface area (Å²) in [5, 5.41) is 0. The molecule has 0 bridgehead atoms. The number of hydrogen-bond acceptors (Lipinski definition) is 4. The molecule has 0 spiro atoms. The first kappa shape index (κ1) is 18.1. The highest BCUT2D eigenvalue weighted by Crippen LogP contribution is 2.18. The van der Waals surface area contributed by atoms with Crippen LogP contribution in [0, 0.1) is 5.92 Å². The van der Waals surface area contributed by atoms with Crippen LogP contribution in [0.25, 0.3) is 5.69 Å². The van der Waals surface area contributed by atoms with Crippen LogP contribution in [0.3, 0.4) is 0 Å². The Morgan fingerprint density at radius 2 is 1.81 bits per heavy atom. The molecule has 26 heavy (non-hydrogen) atoms. The number of imidazole rings is 1. The van der Waals surface area contributed by atoms with Gasteiger partial charge in [0.25, 0.3) is 0 Å². The van der Waals surface area contributed by atoms with Crippen molar-refractivity contribution in [3.8, 4) is 11.4 Å². The number of pyridine rings is 1. The van der Waals surface area contributed by atoms with E-state index >= 15 is 0 Å². The number of methoxy groups -OCH3 is 1. The van der Waals surface area contributed by atoms with E-state index < -0.39 is 0 Å². The number of rotatable bonds is 8. The van der Waals surface area contributed by atoms with E-state index in [4.69, 9.17) is 4.74 Å². The smallest absolute Gasteiger partial charge is 0.127 e. The molecule has 0 unspecified atom stereocenters. The maximum Gasteiger partial charge on any atom is 0.127 e. The first-order valence-electron chi connectivity index (χ1n) is 8.94. The van der Waals surface area contributed by atoms with E-state index in [1.807, 2.05) is 42.9 Å². The summed E-state index contributed by atoms with van der Waals surface area (Å²) in [6, 6.07) is 14.1. The van der Waals surface area contributed by atoms with Crippen LogP contribution < -0.4 is 4.74 Å². The van der Waals surface area contributed by atoms with E-state index in [-0.39, 0.29) is 0 Å². The molecule has 0 atom stereocenters. The molecular weight excluding hydrogens is 324 g/mol. The van der Waals surface area contributed by atoms with Crippen LogP contribution in [-0.4, -0.2) is 33.1 Å². The maximum atomic E-state index is 5.25. The fourth-order valence-electron chi connectivity index (χ4n) is 3.05. The second kappa shape index (κ2) is 8.63. The Kier molecular flexibility index (Phi) is 6.02. The van der Waals surface area contributed by atoms with Crippen molar-refractivity contribution < 1.29 is 4.74 Å². The van der Waals surface area contributed by atoms with Crippen LogP contribution in [-0.2, 0) is 13.1 Å². The zero-order valence-electron chi connectivity index (χ0n) is 15.7. The van der Waals surface area contributed by atoms with Crippen LogP contribution in [0.4, 0.5) is 0 Å². The van der Waals surface area contributed by atoms with Crippen molar-refractivity contribution in [2.45, 2.75) is 26.9 Å². The van der Waals surface area contributed by atoms with Gasteiger partial charge in [-0.3, -0.25) is 9.88 Å². The summed E-state index contributed by atoms with van der Waals surface area (Å²) in [4.78, 5) is 11.5. The van der Waals surface area contributed by atoms with Gasteiger partial charge in [-0.25, -0.2) is 4.98 Å². The van der Waals surface area contributed by atoms with Gasteiger partial charge in [-0.05, 0) is 42.3 Å². The molecule has 0 aliphatic heterocycles. The van der Waals surface area contributed by atoms with Gasteiger partial charge >= 0.3 is 0 Å². The van der Waals surface area contributed by atoms with Gasteiger partial charge in [0.15, 0.2) is 0 Å². The Labute approximate surface area is 155 Å². The van der Waals surface area contributed by atoms with Gasteiger partial charge in [-0.1, -0.05) is 19.9 Å². The third kappa shape index (κ3) is 4.70. The lowest BCUT2D eigenvalue weighted by Gasteiger charge is -2.24. The summed E-state index contributed by atoms with van der Waals surface area (Å²) >= 11 is 0. The molecule has 0 saturated carbocycles. The normalized spacial score (nSPS) is 11.3. The van der Waals surface area contributed by atoms with Gasteiger partial charge in [0.1, 0.15) is 11.6 Å². The Balaban J connectivity index is 1.79. The molecule has 0 amide bonds. The molecule has 0 aliphatic carbocycles. The van der Waals surface area contributed by atoms with Gasteiger partial charge in [-0.2, -0.15) is 0 Å². The lowest BCUT2D eigenvalue weighted by atomic mass is 10.2. The Bertz CT molecular complexity index is 796. The number of nitrogens with zero attached hydrogens (tertiary/aromatic N) is 4. The number of aromatic nitrogens is 3. The predicted octanol–water partition coefficient (Wildman–Crippen LogP) is 3.93. The highest BCUT2D eigenvalue weighted by Gasteiger charge is 2.14. The number of ether oxygens (including phenoxy) is 1. The molecular formula is C21H26N4O. The van der Waals surface area contributed by atoms with E-state index in [0.29, 0.717) is 5.92 Å². The van der Waals surface area contributed by atoms with Gasteiger partial charge in [-0.15, -0.1) is 0 Å². The average molecular weight is 350 g/mol. The largest absolute Gasteiger partial charge is 0.497 e. The Morgan fingerprint density at radius 3 is 2.46 bits per heavy atom. The predicted molar refractivity (Wildman–Crippen MR) is 103 cm³/mol. The van der Waals surface area contributed by atoms with Gasteiger partial charge in [0.2, 0.25) is 0 Å². The molecule has 0 radical (unpaired) electrons. The van der Waals surface area contributed by atoms with Crippen molar-refractivity contribution in [2.24, 2.45) is 5.92 Å². The van der Waals surface area contributed by atoms with Crippen LogP contribution in [0.1, 0.15) is 25.4 Å².